The maximum Gasteiger partial charge on any atom is 0.138 e. The van der Waals surface area contributed by atoms with Gasteiger partial charge in [-0.2, -0.15) is 0 Å². The van der Waals surface area contributed by atoms with Crippen LogP contribution < -0.4 is 0 Å². The minimum atomic E-state index is -0.0619. The predicted octanol–water partition coefficient (Wildman–Crippen LogP) is 2.31. The Morgan fingerprint density at radius 2 is 2.08 bits per heavy atom. The Labute approximate surface area is 79.7 Å². The van der Waals surface area contributed by atoms with Crippen LogP contribution in [-0.4, -0.2) is 18.5 Å². The third-order valence-electron chi connectivity index (χ3n) is 3.80. The monoisotopic (exact) mass is 182 g/mol. The van der Waals surface area contributed by atoms with Crippen molar-refractivity contribution >= 4 is 5.78 Å². The van der Waals surface area contributed by atoms with Crippen LogP contribution in [0.3, 0.4) is 0 Å². The first-order chi connectivity index (χ1) is 6.28. The topological polar surface area (TPSA) is 26.3 Å². The average Bonchev–Trinajstić information content (AvgIpc) is 2.51. The molecule has 2 atom stereocenters. The van der Waals surface area contributed by atoms with Crippen molar-refractivity contribution in [3.63, 3.8) is 0 Å². The lowest BCUT2D eigenvalue weighted by atomic mass is 9.85. The van der Waals surface area contributed by atoms with E-state index in [-0.39, 0.29) is 11.5 Å². The lowest BCUT2D eigenvalue weighted by molar-refractivity contribution is -0.131. The Kier molecular flexibility index (Phi) is 2.41. The quantitative estimate of drug-likeness (QED) is 0.622. The minimum absolute atomic E-state index is 0.0619. The lowest BCUT2D eigenvalue weighted by Gasteiger charge is -2.31. The van der Waals surface area contributed by atoms with Crippen molar-refractivity contribution in [3.05, 3.63) is 0 Å². The third kappa shape index (κ3) is 1.41. The summed E-state index contributed by atoms with van der Waals surface area (Å²) in [6.45, 7) is 0. The van der Waals surface area contributed by atoms with E-state index in [1.807, 2.05) is 0 Å². The molecule has 0 N–H and O–H groups in total. The molecule has 0 spiro atoms. The smallest absolute Gasteiger partial charge is 0.138 e. The number of carbonyl (C=O) groups is 1. The average molecular weight is 182 g/mol. The van der Waals surface area contributed by atoms with Crippen molar-refractivity contribution in [1.29, 1.82) is 0 Å². The Hall–Kier alpha value is -0.370. The summed E-state index contributed by atoms with van der Waals surface area (Å²) in [7, 11) is 1.77. The fourth-order valence-corrected chi connectivity index (χ4v) is 3.04. The van der Waals surface area contributed by atoms with Crippen molar-refractivity contribution in [2.75, 3.05) is 7.11 Å². The molecule has 2 unspecified atom stereocenters. The number of Topliss-reactive ketones (excluding diaryl/α,β-unsaturated/α-hetero) is 1. The molecule has 0 amide bonds. The van der Waals surface area contributed by atoms with Gasteiger partial charge in [-0.05, 0) is 32.1 Å². The molecule has 74 valence electrons. The third-order valence-corrected chi connectivity index (χ3v) is 3.80. The van der Waals surface area contributed by atoms with E-state index in [9.17, 15) is 4.79 Å². The van der Waals surface area contributed by atoms with Gasteiger partial charge in [-0.3, -0.25) is 4.79 Å². The summed E-state index contributed by atoms with van der Waals surface area (Å²) in [5.41, 5.74) is -0.0619. The maximum absolute atomic E-state index is 11.8. The van der Waals surface area contributed by atoms with E-state index in [2.05, 4.69) is 0 Å². The summed E-state index contributed by atoms with van der Waals surface area (Å²) in [6.07, 6.45) is 7.45. The molecular weight excluding hydrogens is 164 g/mol. The molecule has 2 rings (SSSR count). The van der Waals surface area contributed by atoms with E-state index in [4.69, 9.17) is 4.74 Å². The van der Waals surface area contributed by atoms with Crippen molar-refractivity contribution in [2.24, 2.45) is 5.92 Å². The first kappa shape index (κ1) is 9.20. The Morgan fingerprint density at radius 1 is 1.31 bits per heavy atom. The molecule has 0 bridgehead atoms. The summed E-state index contributed by atoms with van der Waals surface area (Å²) < 4.78 is 5.63. The van der Waals surface area contributed by atoms with E-state index in [0.717, 1.165) is 38.5 Å². The highest BCUT2D eigenvalue weighted by molar-refractivity contribution is 5.82. The molecule has 13 heavy (non-hydrogen) atoms. The molecule has 0 heterocycles. The van der Waals surface area contributed by atoms with Gasteiger partial charge in [-0.25, -0.2) is 0 Å². The number of rotatable bonds is 1. The van der Waals surface area contributed by atoms with Gasteiger partial charge in [0.15, 0.2) is 0 Å². The number of hydrogen-bond acceptors (Lipinski definition) is 2. The Bertz CT molecular complexity index is 212. The van der Waals surface area contributed by atoms with Crippen LogP contribution in [0.4, 0.5) is 0 Å². The molecular formula is C11H18O2. The fourth-order valence-electron chi connectivity index (χ4n) is 3.04. The summed E-state index contributed by atoms with van der Waals surface area (Å²) in [5.74, 6) is 0.678. The number of hydrogen-bond donors (Lipinski definition) is 0. The minimum Gasteiger partial charge on any atom is -0.377 e. The number of methoxy groups -OCH3 is 1. The maximum atomic E-state index is 11.8. The van der Waals surface area contributed by atoms with Crippen LogP contribution in [0.15, 0.2) is 0 Å². The van der Waals surface area contributed by atoms with Gasteiger partial charge >= 0.3 is 0 Å². The number of ketones is 1. The number of fused-ring (bicyclic) bond motifs is 1. The number of ether oxygens (including phenoxy) is 1. The largest absolute Gasteiger partial charge is 0.377 e. The highest BCUT2D eigenvalue weighted by atomic mass is 16.5. The molecule has 0 saturated heterocycles. The standard InChI is InChI=1S/C11H18O2/c1-13-11-7-3-2-6-10(12)9(11)5-4-8-11/h9H,2-8H2,1H3. The SMILES string of the molecule is COC12CCCCC(=O)C1CCC2. The highest BCUT2D eigenvalue weighted by Gasteiger charge is 2.47. The van der Waals surface area contributed by atoms with E-state index >= 15 is 0 Å². The zero-order valence-electron chi connectivity index (χ0n) is 8.34. The fraction of sp³-hybridized carbons (Fsp3) is 0.909. The first-order valence-corrected chi connectivity index (χ1v) is 5.36. The van der Waals surface area contributed by atoms with Gasteiger partial charge in [0.2, 0.25) is 0 Å². The molecule has 2 fully saturated rings. The van der Waals surface area contributed by atoms with Crippen molar-refractivity contribution in [3.8, 4) is 0 Å². The molecule has 2 aliphatic rings. The molecule has 2 aliphatic carbocycles. The molecule has 0 radical (unpaired) electrons. The van der Waals surface area contributed by atoms with E-state index in [0.29, 0.717) is 5.78 Å². The zero-order chi connectivity index (χ0) is 9.31. The molecule has 0 aliphatic heterocycles. The van der Waals surface area contributed by atoms with Crippen LogP contribution in [0.25, 0.3) is 0 Å². The normalized spacial score (nSPS) is 40.1. The van der Waals surface area contributed by atoms with Crippen LogP contribution in [0.5, 0.6) is 0 Å². The summed E-state index contributed by atoms with van der Waals surface area (Å²) in [6, 6.07) is 0. The number of carbonyl (C=O) groups excluding carboxylic acids is 1. The second-order valence-corrected chi connectivity index (χ2v) is 4.39. The molecule has 0 aromatic carbocycles. The highest BCUT2D eigenvalue weighted by Crippen LogP contribution is 2.44. The molecule has 2 nitrogen and oxygen atoms in total. The second kappa shape index (κ2) is 3.41. The summed E-state index contributed by atoms with van der Waals surface area (Å²) in [4.78, 5) is 11.8. The molecule has 0 aromatic rings. The van der Waals surface area contributed by atoms with Crippen molar-refractivity contribution < 1.29 is 9.53 Å². The van der Waals surface area contributed by atoms with Gasteiger partial charge in [0, 0.05) is 19.4 Å². The van der Waals surface area contributed by atoms with Gasteiger partial charge in [0.05, 0.1) is 5.60 Å². The van der Waals surface area contributed by atoms with Crippen molar-refractivity contribution in [2.45, 2.75) is 50.5 Å². The Morgan fingerprint density at radius 3 is 2.85 bits per heavy atom. The predicted molar refractivity (Wildman–Crippen MR) is 50.6 cm³/mol. The van der Waals surface area contributed by atoms with Crippen LogP contribution in [-0.2, 0) is 9.53 Å². The molecule has 2 saturated carbocycles. The van der Waals surface area contributed by atoms with Gasteiger partial charge in [0.25, 0.3) is 0 Å². The van der Waals surface area contributed by atoms with Gasteiger partial charge in [-0.1, -0.05) is 6.42 Å². The summed E-state index contributed by atoms with van der Waals surface area (Å²) >= 11 is 0. The second-order valence-electron chi connectivity index (χ2n) is 4.39. The van der Waals surface area contributed by atoms with Gasteiger partial charge in [-0.15, -0.1) is 0 Å². The van der Waals surface area contributed by atoms with Crippen LogP contribution in [0.2, 0.25) is 0 Å². The van der Waals surface area contributed by atoms with Crippen LogP contribution in [0.1, 0.15) is 44.9 Å². The van der Waals surface area contributed by atoms with Crippen LogP contribution in [0, 0.1) is 5.92 Å². The molecule has 2 heteroatoms. The first-order valence-electron chi connectivity index (χ1n) is 5.36. The summed E-state index contributed by atoms with van der Waals surface area (Å²) in [5, 5.41) is 0. The van der Waals surface area contributed by atoms with E-state index in [1.165, 1.54) is 6.42 Å². The van der Waals surface area contributed by atoms with Crippen molar-refractivity contribution in [1.82, 2.24) is 0 Å². The van der Waals surface area contributed by atoms with Crippen LogP contribution >= 0.6 is 0 Å². The van der Waals surface area contributed by atoms with E-state index < -0.39 is 0 Å². The van der Waals surface area contributed by atoms with E-state index in [1.54, 1.807) is 7.11 Å². The van der Waals surface area contributed by atoms with Gasteiger partial charge in [0.1, 0.15) is 5.78 Å². The Balaban J connectivity index is 2.23. The van der Waals surface area contributed by atoms with Gasteiger partial charge < -0.3 is 4.74 Å². The lowest BCUT2D eigenvalue weighted by Crippen LogP contribution is -2.38. The zero-order valence-corrected chi connectivity index (χ0v) is 8.34. The molecule has 0 aromatic heterocycles.